The molecule has 0 fully saturated rings. The number of anilines is 1. The van der Waals surface area contributed by atoms with E-state index in [9.17, 15) is 4.79 Å². The molecule has 118 valence electrons. The fourth-order valence-corrected chi connectivity index (χ4v) is 2.44. The summed E-state index contributed by atoms with van der Waals surface area (Å²) in [7, 11) is 0. The third kappa shape index (κ3) is 3.42. The first-order valence-corrected chi connectivity index (χ1v) is 7.94. The molecule has 1 heterocycles. The molecule has 3 aromatic rings. The lowest BCUT2D eigenvalue weighted by Gasteiger charge is -2.09. The molecule has 0 radical (unpaired) electrons. The highest BCUT2D eigenvalue weighted by Gasteiger charge is 2.11. The smallest absolute Gasteiger partial charge is 0.227 e. The van der Waals surface area contributed by atoms with Crippen molar-refractivity contribution in [3.63, 3.8) is 0 Å². The fraction of sp³-hybridized carbons (Fsp3) is 0.263. The first kappa shape index (κ1) is 15.3. The Labute approximate surface area is 135 Å². The van der Waals surface area contributed by atoms with Crippen LogP contribution in [0.5, 0.6) is 0 Å². The van der Waals surface area contributed by atoms with E-state index < -0.39 is 0 Å². The highest BCUT2D eigenvalue weighted by Crippen LogP contribution is 2.28. The van der Waals surface area contributed by atoms with E-state index in [-0.39, 0.29) is 5.91 Å². The average molecular weight is 308 g/mol. The third-order valence-corrected chi connectivity index (χ3v) is 3.81. The number of aryl methyl sites for hydroxylation is 1. The molecule has 23 heavy (non-hydrogen) atoms. The van der Waals surface area contributed by atoms with Gasteiger partial charge in [0.1, 0.15) is 5.52 Å². The molecular weight excluding hydrogens is 288 g/mol. The van der Waals surface area contributed by atoms with Crippen molar-refractivity contribution in [2.45, 2.75) is 33.1 Å². The number of nitrogens with one attached hydrogen (secondary N) is 1. The number of unbranched alkanes of at least 4 members (excludes halogenated alkanes) is 1. The van der Waals surface area contributed by atoms with Gasteiger partial charge in [0, 0.05) is 17.7 Å². The summed E-state index contributed by atoms with van der Waals surface area (Å²) in [5, 5.41) is 2.98. The van der Waals surface area contributed by atoms with Crippen LogP contribution in [-0.4, -0.2) is 10.9 Å². The SMILES string of the molecule is CCCCC(=O)Nc1cc(-c2nc3ccccc3o2)ccc1C. The zero-order valence-electron chi connectivity index (χ0n) is 13.4. The van der Waals surface area contributed by atoms with Crippen LogP contribution in [0, 0.1) is 6.92 Å². The van der Waals surface area contributed by atoms with E-state index in [1.165, 1.54) is 0 Å². The average Bonchev–Trinajstić information content (AvgIpc) is 2.99. The van der Waals surface area contributed by atoms with Gasteiger partial charge in [-0.1, -0.05) is 31.5 Å². The van der Waals surface area contributed by atoms with Crippen molar-refractivity contribution in [1.29, 1.82) is 0 Å². The maximum absolute atomic E-state index is 12.0. The Morgan fingerprint density at radius 3 is 2.83 bits per heavy atom. The number of rotatable bonds is 5. The first-order chi connectivity index (χ1) is 11.2. The van der Waals surface area contributed by atoms with Gasteiger partial charge in [0.15, 0.2) is 5.58 Å². The molecule has 0 saturated heterocycles. The number of hydrogen-bond acceptors (Lipinski definition) is 3. The van der Waals surface area contributed by atoms with Crippen molar-refractivity contribution in [2.24, 2.45) is 0 Å². The van der Waals surface area contributed by atoms with Gasteiger partial charge >= 0.3 is 0 Å². The minimum atomic E-state index is 0.0460. The van der Waals surface area contributed by atoms with Crippen molar-refractivity contribution in [3.05, 3.63) is 48.0 Å². The summed E-state index contributed by atoms with van der Waals surface area (Å²) < 4.78 is 5.80. The quantitative estimate of drug-likeness (QED) is 0.727. The lowest BCUT2D eigenvalue weighted by molar-refractivity contribution is -0.116. The topological polar surface area (TPSA) is 55.1 Å². The summed E-state index contributed by atoms with van der Waals surface area (Å²) in [4.78, 5) is 16.5. The highest BCUT2D eigenvalue weighted by atomic mass is 16.3. The van der Waals surface area contributed by atoms with Crippen molar-refractivity contribution in [1.82, 2.24) is 4.98 Å². The molecule has 4 nitrogen and oxygen atoms in total. The van der Waals surface area contributed by atoms with Gasteiger partial charge in [-0.05, 0) is 43.2 Å². The summed E-state index contributed by atoms with van der Waals surface area (Å²) in [6, 6.07) is 13.5. The number of carbonyl (C=O) groups excluding carboxylic acids is 1. The zero-order valence-corrected chi connectivity index (χ0v) is 13.4. The van der Waals surface area contributed by atoms with Gasteiger partial charge in [-0.2, -0.15) is 0 Å². The van der Waals surface area contributed by atoms with Crippen LogP contribution >= 0.6 is 0 Å². The molecule has 0 aliphatic heterocycles. The Morgan fingerprint density at radius 1 is 1.22 bits per heavy atom. The van der Waals surface area contributed by atoms with E-state index in [2.05, 4.69) is 17.2 Å². The summed E-state index contributed by atoms with van der Waals surface area (Å²) in [6.45, 7) is 4.05. The van der Waals surface area contributed by atoms with E-state index in [4.69, 9.17) is 4.42 Å². The van der Waals surface area contributed by atoms with Crippen LogP contribution in [0.25, 0.3) is 22.6 Å². The minimum absolute atomic E-state index is 0.0460. The second-order valence-corrected chi connectivity index (χ2v) is 5.67. The highest BCUT2D eigenvalue weighted by molar-refractivity contribution is 5.92. The van der Waals surface area contributed by atoms with E-state index >= 15 is 0 Å². The number of hydrogen-bond donors (Lipinski definition) is 1. The molecule has 0 aliphatic rings. The van der Waals surface area contributed by atoms with E-state index in [0.717, 1.165) is 40.8 Å². The van der Waals surface area contributed by atoms with Crippen molar-refractivity contribution >= 4 is 22.7 Å². The van der Waals surface area contributed by atoms with Crippen LogP contribution < -0.4 is 5.32 Å². The lowest BCUT2D eigenvalue weighted by atomic mass is 10.1. The molecule has 0 bridgehead atoms. The van der Waals surface area contributed by atoms with Gasteiger partial charge in [-0.3, -0.25) is 4.79 Å². The molecule has 0 aliphatic carbocycles. The second kappa shape index (κ2) is 6.65. The van der Waals surface area contributed by atoms with Gasteiger partial charge in [0.05, 0.1) is 0 Å². The molecule has 2 aromatic carbocycles. The Hall–Kier alpha value is -2.62. The molecule has 4 heteroatoms. The molecule has 0 atom stereocenters. The van der Waals surface area contributed by atoms with Crippen LogP contribution in [0.4, 0.5) is 5.69 Å². The summed E-state index contributed by atoms with van der Waals surface area (Å²) in [5.41, 5.74) is 4.28. The van der Waals surface area contributed by atoms with Crippen LogP contribution in [0.1, 0.15) is 31.7 Å². The zero-order chi connectivity index (χ0) is 16.2. The molecule has 1 amide bonds. The number of fused-ring (bicyclic) bond motifs is 1. The number of amides is 1. The van der Waals surface area contributed by atoms with Gasteiger partial charge < -0.3 is 9.73 Å². The van der Waals surface area contributed by atoms with Gasteiger partial charge in [-0.15, -0.1) is 0 Å². The van der Waals surface area contributed by atoms with Crippen molar-refractivity contribution in [2.75, 3.05) is 5.32 Å². The van der Waals surface area contributed by atoms with Gasteiger partial charge in [0.2, 0.25) is 11.8 Å². The molecule has 0 spiro atoms. The number of carbonyl (C=O) groups is 1. The number of benzene rings is 2. The van der Waals surface area contributed by atoms with E-state index in [0.29, 0.717) is 12.3 Å². The monoisotopic (exact) mass is 308 g/mol. The molecular formula is C19H20N2O2. The van der Waals surface area contributed by atoms with E-state index in [1.807, 2.05) is 49.4 Å². The first-order valence-electron chi connectivity index (χ1n) is 7.94. The van der Waals surface area contributed by atoms with E-state index in [1.54, 1.807) is 0 Å². The van der Waals surface area contributed by atoms with Crippen LogP contribution in [0.2, 0.25) is 0 Å². The largest absolute Gasteiger partial charge is 0.436 e. The number of aromatic nitrogens is 1. The maximum atomic E-state index is 12.0. The molecule has 1 aromatic heterocycles. The van der Waals surface area contributed by atoms with Crippen molar-refractivity contribution < 1.29 is 9.21 Å². The third-order valence-electron chi connectivity index (χ3n) is 3.81. The number of nitrogens with zero attached hydrogens (tertiary/aromatic N) is 1. The molecule has 0 saturated carbocycles. The maximum Gasteiger partial charge on any atom is 0.227 e. The summed E-state index contributed by atoms with van der Waals surface area (Å²) in [6.07, 6.45) is 2.45. The molecule has 3 rings (SSSR count). The Kier molecular flexibility index (Phi) is 4.42. The van der Waals surface area contributed by atoms with Crippen LogP contribution in [-0.2, 0) is 4.79 Å². The summed E-state index contributed by atoms with van der Waals surface area (Å²) >= 11 is 0. The minimum Gasteiger partial charge on any atom is -0.436 e. The summed E-state index contributed by atoms with van der Waals surface area (Å²) in [5.74, 6) is 0.611. The van der Waals surface area contributed by atoms with Crippen LogP contribution in [0.15, 0.2) is 46.9 Å². The Bertz CT molecular complexity index is 803. The second-order valence-electron chi connectivity index (χ2n) is 5.67. The standard InChI is InChI=1S/C19H20N2O2/c1-3-4-9-18(22)20-16-12-14(11-10-13(16)2)19-21-15-7-5-6-8-17(15)23-19/h5-8,10-12H,3-4,9H2,1-2H3,(H,20,22). The number of para-hydroxylation sites is 2. The van der Waals surface area contributed by atoms with Gasteiger partial charge in [-0.25, -0.2) is 4.98 Å². The Balaban J connectivity index is 1.88. The molecule has 0 unspecified atom stereocenters. The number of oxazole rings is 1. The van der Waals surface area contributed by atoms with Gasteiger partial charge in [0.25, 0.3) is 0 Å². The Morgan fingerprint density at radius 2 is 2.04 bits per heavy atom. The lowest BCUT2D eigenvalue weighted by Crippen LogP contribution is -2.11. The predicted molar refractivity (Wildman–Crippen MR) is 92.3 cm³/mol. The van der Waals surface area contributed by atoms with Crippen LogP contribution in [0.3, 0.4) is 0 Å². The predicted octanol–water partition coefficient (Wildman–Crippen LogP) is 4.93. The van der Waals surface area contributed by atoms with Crippen molar-refractivity contribution in [3.8, 4) is 11.5 Å². The molecule has 1 N–H and O–H groups in total. The fourth-order valence-electron chi connectivity index (χ4n) is 2.44. The normalized spacial score (nSPS) is 10.9.